The predicted octanol–water partition coefficient (Wildman–Crippen LogP) is 2.82. The SMILES string of the molecule is CC(Nc1nc2ccccn2c1[N+](=O)[O-])c1ccc(S(C)(=O)=O)cc1. The minimum absolute atomic E-state index is 0.143. The van der Waals surface area contributed by atoms with Gasteiger partial charge in [-0.3, -0.25) is 0 Å². The molecular formula is C16H16N4O4S. The number of imidazole rings is 1. The maximum atomic E-state index is 11.5. The van der Waals surface area contributed by atoms with Crippen LogP contribution in [0.2, 0.25) is 0 Å². The molecule has 1 atom stereocenters. The first-order valence-corrected chi connectivity index (χ1v) is 9.34. The van der Waals surface area contributed by atoms with Crippen molar-refractivity contribution in [1.29, 1.82) is 0 Å². The third kappa shape index (κ3) is 3.31. The van der Waals surface area contributed by atoms with Gasteiger partial charge >= 0.3 is 5.82 Å². The van der Waals surface area contributed by atoms with Crippen LogP contribution in [0.15, 0.2) is 53.6 Å². The molecule has 1 unspecified atom stereocenters. The van der Waals surface area contributed by atoms with Gasteiger partial charge in [-0.05, 0) is 35.6 Å². The number of sulfone groups is 1. The molecule has 1 aromatic carbocycles. The molecule has 0 saturated carbocycles. The van der Waals surface area contributed by atoms with Crippen LogP contribution in [0, 0.1) is 10.1 Å². The van der Waals surface area contributed by atoms with Crippen molar-refractivity contribution in [1.82, 2.24) is 9.38 Å². The van der Waals surface area contributed by atoms with Gasteiger partial charge in [-0.25, -0.2) is 8.42 Å². The number of nitrogens with zero attached hydrogens (tertiary/aromatic N) is 3. The molecule has 2 aromatic heterocycles. The summed E-state index contributed by atoms with van der Waals surface area (Å²) >= 11 is 0. The zero-order valence-electron chi connectivity index (χ0n) is 13.6. The molecule has 25 heavy (non-hydrogen) atoms. The summed E-state index contributed by atoms with van der Waals surface area (Å²) < 4.78 is 24.4. The van der Waals surface area contributed by atoms with Crippen LogP contribution in [-0.4, -0.2) is 29.0 Å². The quantitative estimate of drug-likeness (QED) is 0.554. The Balaban J connectivity index is 1.93. The number of rotatable bonds is 5. The molecule has 3 rings (SSSR count). The van der Waals surface area contributed by atoms with Crippen molar-refractivity contribution in [2.24, 2.45) is 0 Å². The number of hydrogen-bond acceptors (Lipinski definition) is 6. The third-order valence-electron chi connectivity index (χ3n) is 3.84. The summed E-state index contributed by atoms with van der Waals surface area (Å²) in [7, 11) is -3.26. The Morgan fingerprint density at radius 1 is 1.20 bits per heavy atom. The molecular weight excluding hydrogens is 344 g/mol. The summed E-state index contributed by atoms with van der Waals surface area (Å²) in [6.45, 7) is 1.82. The van der Waals surface area contributed by atoms with Crippen molar-refractivity contribution >= 4 is 27.1 Å². The molecule has 0 radical (unpaired) electrons. The molecule has 0 amide bonds. The molecule has 2 heterocycles. The molecule has 0 saturated heterocycles. The van der Waals surface area contributed by atoms with Crippen molar-refractivity contribution < 1.29 is 13.3 Å². The van der Waals surface area contributed by atoms with E-state index >= 15 is 0 Å². The molecule has 9 heteroatoms. The number of anilines is 1. The summed E-state index contributed by atoms with van der Waals surface area (Å²) in [5.41, 5.74) is 1.26. The Kier molecular flexibility index (Phi) is 4.17. The maximum Gasteiger partial charge on any atom is 0.372 e. The first kappa shape index (κ1) is 16.9. The Morgan fingerprint density at radius 3 is 2.48 bits per heavy atom. The van der Waals surface area contributed by atoms with E-state index in [4.69, 9.17) is 0 Å². The predicted molar refractivity (Wildman–Crippen MR) is 93.4 cm³/mol. The monoisotopic (exact) mass is 360 g/mol. The summed E-state index contributed by atoms with van der Waals surface area (Å²) in [6.07, 6.45) is 2.72. The van der Waals surface area contributed by atoms with Crippen molar-refractivity contribution in [3.63, 3.8) is 0 Å². The van der Waals surface area contributed by atoms with Gasteiger partial charge in [-0.1, -0.05) is 18.2 Å². The van der Waals surface area contributed by atoms with E-state index in [-0.39, 0.29) is 22.6 Å². The highest BCUT2D eigenvalue weighted by atomic mass is 32.2. The van der Waals surface area contributed by atoms with E-state index in [9.17, 15) is 18.5 Å². The lowest BCUT2D eigenvalue weighted by atomic mass is 10.1. The highest BCUT2D eigenvalue weighted by Crippen LogP contribution is 2.29. The Hall–Kier alpha value is -2.94. The zero-order chi connectivity index (χ0) is 18.2. The fourth-order valence-electron chi connectivity index (χ4n) is 2.55. The number of fused-ring (bicyclic) bond motifs is 1. The lowest BCUT2D eigenvalue weighted by Gasteiger charge is -2.14. The summed E-state index contributed by atoms with van der Waals surface area (Å²) in [5, 5.41) is 14.4. The zero-order valence-corrected chi connectivity index (χ0v) is 14.4. The Morgan fingerprint density at radius 2 is 1.88 bits per heavy atom. The second kappa shape index (κ2) is 6.17. The van der Waals surface area contributed by atoms with Gasteiger partial charge < -0.3 is 15.4 Å². The highest BCUT2D eigenvalue weighted by molar-refractivity contribution is 7.90. The van der Waals surface area contributed by atoms with Crippen molar-refractivity contribution in [2.75, 3.05) is 11.6 Å². The average Bonchev–Trinajstić information content (AvgIpc) is 2.92. The average molecular weight is 360 g/mol. The normalized spacial score (nSPS) is 12.9. The van der Waals surface area contributed by atoms with E-state index in [2.05, 4.69) is 10.3 Å². The maximum absolute atomic E-state index is 11.5. The Labute approximate surface area is 144 Å². The van der Waals surface area contributed by atoms with E-state index in [0.29, 0.717) is 5.65 Å². The first-order valence-electron chi connectivity index (χ1n) is 7.45. The molecule has 0 aliphatic rings. The first-order chi connectivity index (χ1) is 11.8. The standard InChI is InChI=1S/C16H16N4O4S/c1-11(12-6-8-13(9-7-12)25(2,23)24)17-15-16(20(21)22)19-10-4-3-5-14(19)18-15/h3-11,17H,1-2H3. The van der Waals surface area contributed by atoms with E-state index < -0.39 is 14.8 Å². The second-order valence-electron chi connectivity index (χ2n) is 5.68. The highest BCUT2D eigenvalue weighted by Gasteiger charge is 2.23. The Bertz CT molecular complexity index is 1040. The van der Waals surface area contributed by atoms with E-state index in [0.717, 1.165) is 11.8 Å². The van der Waals surface area contributed by atoms with E-state index in [1.165, 1.54) is 16.5 Å². The summed E-state index contributed by atoms with van der Waals surface area (Å²) in [4.78, 5) is 15.4. The lowest BCUT2D eigenvalue weighted by Crippen LogP contribution is -2.09. The number of aromatic nitrogens is 2. The number of nitro groups is 1. The second-order valence-corrected chi connectivity index (χ2v) is 7.69. The largest absolute Gasteiger partial charge is 0.372 e. The third-order valence-corrected chi connectivity index (χ3v) is 4.97. The smallest absolute Gasteiger partial charge is 0.358 e. The molecule has 0 bridgehead atoms. The van der Waals surface area contributed by atoms with Crippen LogP contribution in [0.5, 0.6) is 0 Å². The van der Waals surface area contributed by atoms with Crippen molar-refractivity contribution in [2.45, 2.75) is 17.9 Å². The van der Waals surface area contributed by atoms with Crippen LogP contribution in [0.1, 0.15) is 18.5 Å². The van der Waals surface area contributed by atoms with Crippen LogP contribution in [-0.2, 0) is 9.84 Å². The van der Waals surface area contributed by atoms with Crippen LogP contribution < -0.4 is 5.32 Å². The summed E-state index contributed by atoms with van der Waals surface area (Å²) in [5.74, 6) is 0.0195. The fraction of sp³-hybridized carbons (Fsp3) is 0.188. The van der Waals surface area contributed by atoms with Crippen LogP contribution >= 0.6 is 0 Å². The number of hydrogen-bond donors (Lipinski definition) is 1. The van der Waals surface area contributed by atoms with Gasteiger partial charge in [0.15, 0.2) is 9.84 Å². The van der Waals surface area contributed by atoms with Crippen molar-refractivity contribution in [3.8, 4) is 0 Å². The van der Waals surface area contributed by atoms with Gasteiger partial charge in [-0.2, -0.15) is 9.38 Å². The molecule has 0 aliphatic carbocycles. The molecule has 0 fully saturated rings. The van der Waals surface area contributed by atoms with Crippen molar-refractivity contribution in [3.05, 3.63) is 64.3 Å². The van der Waals surface area contributed by atoms with Gasteiger partial charge in [0.1, 0.15) is 0 Å². The van der Waals surface area contributed by atoms with Gasteiger partial charge in [0.25, 0.3) is 0 Å². The van der Waals surface area contributed by atoms with Gasteiger partial charge in [0.2, 0.25) is 11.5 Å². The fourth-order valence-corrected chi connectivity index (χ4v) is 3.18. The number of pyridine rings is 1. The molecule has 3 aromatic rings. The minimum Gasteiger partial charge on any atom is -0.358 e. The van der Waals surface area contributed by atoms with E-state index in [1.54, 1.807) is 36.5 Å². The number of benzene rings is 1. The topological polar surface area (TPSA) is 107 Å². The molecule has 0 aliphatic heterocycles. The molecule has 8 nitrogen and oxygen atoms in total. The van der Waals surface area contributed by atoms with E-state index in [1.807, 2.05) is 6.92 Å². The van der Waals surface area contributed by atoms with Gasteiger partial charge in [-0.15, -0.1) is 0 Å². The molecule has 130 valence electrons. The van der Waals surface area contributed by atoms with Crippen LogP contribution in [0.25, 0.3) is 5.65 Å². The van der Waals surface area contributed by atoms with Crippen LogP contribution in [0.4, 0.5) is 11.6 Å². The summed E-state index contributed by atoms with van der Waals surface area (Å²) in [6, 6.07) is 11.2. The van der Waals surface area contributed by atoms with Gasteiger partial charge in [0, 0.05) is 12.3 Å². The molecule has 0 spiro atoms. The van der Waals surface area contributed by atoms with Crippen LogP contribution in [0.3, 0.4) is 0 Å². The lowest BCUT2D eigenvalue weighted by molar-refractivity contribution is -0.389. The minimum atomic E-state index is -3.26. The number of nitrogens with one attached hydrogen (secondary N) is 1. The van der Waals surface area contributed by atoms with Gasteiger partial charge in [0.05, 0.1) is 17.1 Å². The molecule has 1 N–H and O–H groups in total.